The predicted molar refractivity (Wildman–Crippen MR) is 71.3 cm³/mol. The van der Waals surface area contributed by atoms with Gasteiger partial charge in [-0.1, -0.05) is 18.2 Å². The molecule has 7 nitrogen and oxygen atoms in total. The third-order valence-electron chi connectivity index (χ3n) is 3.25. The highest BCUT2D eigenvalue weighted by Gasteiger charge is 2.48. The van der Waals surface area contributed by atoms with E-state index in [-0.39, 0.29) is 12.2 Å². The molecule has 10 heteroatoms. The Bertz CT molecular complexity index is 703. The zero-order valence-corrected chi connectivity index (χ0v) is 12.0. The molecule has 1 aliphatic heterocycles. The van der Waals surface area contributed by atoms with Crippen LogP contribution in [-0.4, -0.2) is 26.1 Å². The predicted octanol–water partition coefficient (Wildman–Crippen LogP) is 0.570. The quantitative estimate of drug-likeness (QED) is 0.650. The zero-order chi connectivity index (χ0) is 16.7. The van der Waals surface area contributed by atoms with Gasteiger partial charge in [0.05, 0.1) is 13.0 Å². The lowest BCUT2D eigenvalue weighted by molar-refractivity contribution is -0.137. The summed E-state index contributed by atoms with van der Waals surface area (Å²) in [6.45, 7) is 0.158. The molecule has 1 aliphatic rings. The summed E-state index contributed by atoms with van der Waals surface area (Å²) in [5, 5.41) is 9.01. The van der Waals surface area contributed by atoms with Crippen LogP contribution in [0.3, 0.4) is 0 Å². The lowest BCUT2D eigenvalue weighted by Crippen LogP contribution is -2.33. The summed E-state index contributed by atoms with van der Waals surface area (Å²) in [6, 6.07) is 2.37. The number of alkyl halides is 2. The van der Waals surface area contributed by atoms with Crippen molar-refractivity contribution in [3.8, 4) is 0 Å². The molecule has 2 rings (SSSR count). The van der Waals surface area contributed by atoms with Crippen molar-refractivity contribution in [2.75, 3.05) is 6.61 Å². The van der Waals surface area contributed by atoms with Crippen LogP contribution in [-0.2, 0) is 24.8 Å². The minimum absolute atomic E-state index is 0.0580. The van der Waals surface area contributed by atoms with Gasteiger partial charge in [-0.15, -0.1) is 0 Å². The summed E-state index contributed by atoms with van der Waals surface area (Å²) < 4.78 is 55.0. The van der Waals surface area contributed by atoms with E-state index in [4.69, 9.17) is 15.6 Å². The van der Waals surface area contributed by atoms with Crippen molar-refractivity contribution in [3.63, 3.8) is 0 Å². The number of ether oxygens (including phenoxy) is 1. The minimum Gasteiger partial charge on any atom is -0.481 e. The maximum absolute atomic E-state index is 14.0. The highest BCUT2D eigenvalue weighted by Crippen LogP contribution is 2.42. The Labute approximate surface area is 124 Å². The normalized spacial score (nSPS) is 19.7. The second-order valence-electron chi connectivity index (χ2n) is 4.93. The Morgan fingerprint density at radius 2 is 2.09 bits per heavy atom. The van der Waals surface area contributed by atoms with Crippen molar-refractivity contribution in [2.24, 2.45) is 10.9 Å². The summed E-state index contributed by atoms with van der Waals surface area (Å²) in [5.74, 6) is -1.14. The molecule has 0 bridgehead atoms. The van der Waals surface area contributed by atoms with E-state index in [1.54, 1.807) is 0 Å². The van der Waals surface area contributed by atoms with E-state index >= 15 is 0 Å². The van der Waals surface area contributed by atoms with Crippen molar-refractivity contribution in [2.45, 2.75) is 23.8 Å². The number of carboxylic acids is 1. The number of benzene rings is 1. The summed E-state index contributed by atoms with van der Waals surface area (Å²) in [4.78, 5) is 10.7. The van der Waals surface area contributed by atoms with Crippen LogP contribution in [0.4, 0.5) is 8.78 Å². The number of sulfonamides is 1. The first kappa shape index (κ1) is 16.7. The molecule has 22 heavy (non-hydrogen) atoms. The van der Waals surface area contributed by atoms with Crippen LogP contribution in [0.25, 0.3) is 0 Å². The van der Waals surface area contributed by atoms with Gasteiger partial charge in [-0.3, -0.25) is 4.79 Å². The first-order valence-corrected chi connectivity index (χ1v) is 7.72. The van der Waals surface area contributed by atoms with E-state index in [0.29, 0.717) is 5.56 Å². The Morgan fingerprint density at radius 3 is 2.55 bits per heavy atom. The third-order valence-corrected chi connectivity index (χ3v) is 4.18. The topological polar surface area (TPSA) is 136 Å². The van der Waals surface area contributed by atoms with Gasteiger partial charge in [0.1, 0.15) is 6.10 Å². The molecule has 0 amide bonds. The smallest absolute Gasteiger partial charge is 0.384 e. The summed E-state index contributed by atoms with van der Waals surface area (Å²) >= 11 is 0. The summed E-state index contributed by atoms with van der Waals surface area (Å²) in [6.07, 6.45) is -1.07. The van der Waals surface area contributed by atoms with Gasteiger partial charge in [0, 0.05) is 11.6 Å². The average molecular weight is 336 g/mol. The van der Waals surface area contributed by atoms with Gasteiger partial charge in [0.25, 0.3) is 10.0 Å². The van der Waals surface area contributed by atoms with Crippen molar-refractivity contribution in [1.29, 1.82) is 0 Å². The average Bonchev–Trinajstić information content (AvgIpc) is 3.20. The van der Waals surface area contributed by atoms with E-state index in [0.717, 1.165) is 12.1 Å². The molecule has 2 unspecified atom stereocenters. The molecule has 1 heterocycles. The molecule has 1 saturated heterocycles. The van der Waals surface area contributed by atoms with Crippen molar-refractivity contribution in [3.05, 3.63) is 34.9 Å². The first-order chi connectivity index (χ1) is 10.0. The highest BCUT2D eigenvalue weighted by molar-refractivity contribution is 7.89. The van der Waals surface area contributed by atoms with Gasteiger partial charge < -0.3 is 15.6 Å². The molecule has 1 aromatic carbocycles. The number of halogens is 2. The molecular weight excluding hydrogens is 322 g/mol. The minimum atomic E-state index is -5.15. The fraction of sp³-hybridized carbons (Fsp3) is 0.417. The highest BCUT2D eigenvalue weighted by atomic mass is 32.2. The first-order valence-electron chi connectivity index (χ1n) is 6.17. The van der Waals surface area contributed by atoms with E-state index in [1.165, 1.54) is 6.07 Å². The number of hydrogen-bond acceptors (Lipinski definition) is 5. The number of nitrogens with two attached hydrogens (primary N) is 2. The second kappa shape index (κ2) is 5.54. The van der Waals surface area contributed by atoms with Crippen LogP contribution in [0.15, 0.2) is 18.2 Å². The molecular formula is C12H14F2N2O5S. The Balaban J connectivity index is 2.47. The number of hydrogen-bond donors (Lipinski definition) is 3. The molecule has 1 aromatic rings. The van der Waals surface area contributed by atoms with Gasteiger partial charge in [0.15, 0.2) is 0 Å². The Kier molecular flexibility index (Phi) is 4.22. The van der Waals surface area contributed by atoms with Crippen molar-refractivity contribution >= 4 is 16.0 Å². The van der Waals surface area contributed by atoms with Crippen LogP contribution in [0.1, 0.15) is 35.3 Å². The molecule has 1 fully saturated rings. The lowest BCUT2D eigenvalue weighted by atomic mass is 9.96. The summed E-state index contributed by atoms with van der Waals surface area (Å²) in [5.41, 5.74) is 5.13. The molecule has 0 radical (unpaired) electrons. The maximum atomic E-state index is 14.0. The fourth-order valence-corrected chi connectivity index (χ4v) is 2.52. The van der Waals surface area contributed by atoms with Crippen LogP contribution in [0.5, 0.6) is 0 Å². The van der Waals surface area contributed by atoms with E-state index in [9.17, 15) is 22.0 Å². The Morgan fingerprint density at radius 1 is 1.50 bits per heavy atom. The van der Waals surface area contributed by atoms with Crippen molar-refractivity contribution in [1.82, 2.24) is 0 Å². The van der Waals surface area contributed by atoms with E-state index in [1.807, 2.05) is 0 Å². The number of carbonyl (C=O) groups is 1. The van der Waals surface area contributed by atoms with Crippen LogP contribution < -0.4 is 10.9 Å². The SMILES string of the molecule is NC(CC(=O)O)c1ccc(C(F)(F)S(N)(=O)=O)c(C2CO2)c1. The van der Waals surface area contributed by atoms with Crippen LogP contribution in [0, 0.1) is 0 Å². The Hall–Kier alpha value is -1.62. The van der Waals surface area contributed by atoms with Gasteiger partial charge >= 0.3 is 11.2 Å². The second-order valence-corrected chi connectivity index (χ2v) is 6.54. The molecule has 2 atom stereocenters. The van der Waals surface area contributed by atoms with Gasteiger partial charge in [0.2, 0.25) is 0 Å². The van der Waals surface area contributed by atoms with Crippen LogP contribution in [0.2, 0.25) is 0 Å². The molecule has 0 saturated carbocycles. The fourth-order valence-electron chi connectivity index (χ4n) is 2.03. The van der Waals surface area contributed by atoms with Gasteiger partial charge in [-0.25, -0.2) is 13.6 Å². The van der Waals surface area contributed by atoms with Crippen molar-refractivity contribution < 1.29 is 31.8 Å². The summed E-state index contributed by atoms with van der Waals surface area (Å²) in [7, 11) is -5.15. The largest absolute Gasteiger partial charge is 0.481 e. The molecule has 0 aliphatic carbocycles. The van der Waals surface area contributed by atoms with Crippen LogP contribution >= 0.6 is 0 Å². The number of aliphatic carboxylic acids is 1. The maximum Gasteiger partial charge on any atom is 0.384 e. The lowest BCUT2D eigenvalue weighted by Gasteiger charge is -2.19. The monoisotopic (exact) mass is 336 g/mol. The number of carboxylic acid groups (broad SMARTS) is 1. The molecule has 122 valence electrons. The molecule has 0 spiro atoms. The zero-order valence-electron chi connectivity index (χ0n) is 11.2. The number of epoxide rings is 1. The third kappa shape index (κ3) is 3.24. The molecule has 0 aromatic heterocycles. The standard InChI is InChI=1S/C12H14F2N2O5S/c13-12(14,22(16,19)20)8-2-1-6(9(15)4-11(17)18)3-7(8)10-5-21-10/h1-3,9-10H,4-5,15H2,(H,17,18)(H2,16,19,20). The van der Waals surface area contributed by atoms with E-state index in [2.05, 4.69) is 5.14 Å². The number of rotatable bonds is 6. The molecule has 5 N–H and O–H groups in total. The van der Waals surface area contributed by atoms with Gasteiger partial charge in [-0.05, 0) is 11.1 Å². The number of primary sulfonamides is 1. The van der Waals surface area contributed by atoms with E-state index < -0.39 is 45.4 Å². The van der Waals surface area contributed by atoms with Gasteiger partial charge in [-0.2, -0.15) is 8.78 Å².